The number of nitrogens with zero attached hydrogens (tertiary/aromatic N) is 3. The van der Waals surface area contributed by atoms with Crippen LogP contribution in [0.15, 0.2) is 64.1 Å². The molecule has 0 spiro atoms. The largest absolute Gasteiger partial charge is 0.501 e. The van der Waals surface area contributed by atoms with Crippen molar-refractivity contribution in [2.45, 2.75) is 17.7 Å². The smallest absolute Gasteiger partial charge is 0.318 e. The number of carbonyl (C=O) groups excluding carboxylic acids is 1. The number of amides is 2. The van der Waals surface area contributed by atoms with Crippen molar-refractivity contribution in [3.8, 4) is 0 Å². The molecule has 0 bridgehead atoms. The van der Waals surface area contributed by atoms with Crippen molar-refractivity contribution in [2.24, 2.45) is 0 Å². The van der Waals surface area contributed by atoms with Gasteiger partial charge in [0, 0.05) is 56.4 Å². The molecule has 4 rings (SSSR count). The predicted octanol–water partition coefficient (Wildman–Crippen LogP) is 2.98. The summed E-state index contributed by atoms with van der Waals surface area (Å²) < 4.78 is 7.64. The number of methoxy groups -OCH3 is 1. The molecule has 0 fully saturated rings. The number of nitrogens with one attached hydrogen (secondary N) is 1. The number of hydrogen-bond acceptors (Lipinski definition) is 5. The molecule has 7 heteroatoms. The van der Waals surface area contributed by atoms with Gasteiger partial charge in [0.25, 0.3) is 0 Å². The van der Waals surface area contributed by atoms with Crippen LogP contribution in [-0.2, 0) is 4.74 Å². The summed E-state index contributed by atoms with van der Waals surface area (Å²) in [6.45, 7) is 3.82. The second kappa shape index (κ2) is 8.19. The van der Waals surface area contributed by atoms with Gasteiger partial charge in [-0.25, -0.2) is 9.10 Å². The Morgan fingerprint density at radius 2 is 2.11 bits per heavy atom. The van der Waals surface area contributed by atoms with Gasteiger partial charge in [-0.05, 0) is 53.3 Å². The Hall–Kier alpha value is -2.25. The average Bonchev–Trinajstić information content (AvgIpc) is 3.26. The van der Waals surface area contributed by atoms with Gasteiger partial charge in [-0.15, -0.1) is 0 Å². The van der Waals surface area contributed by atoms with Crippen LogP contribution in [0.2, 0.25) is 0 Å². The van der Waals surface area contributed by atoms with E-state index in [2.05, 4.69) is 26.7 Å². The Morgan fingerprint density at radius 1 is 1.30 bits per heavy atom. The first-order chi connectivity index (χ1) is 13.2. The van der Waals surface area contributed by atoms with Gasteiger partial charge in [0.15, 0.2) is 0 Å². The van der Waals surface area contributed by atoms with Crippen molar-refractivity contribution in [1.29, 1.82) is 0 Å². The number of aromatic nitrogens is 1. The lowest BCUT2D eigenvalue weighted by molar-refractivity contribution is 0.209. The summed E-state index contributed by atoms with van der Waals surface area (Å²) in [6, 6.07) is 4.04. The molecule has 1 aliphatic carbocycles. The monoisotopic (exact) mass is 384 g/mol. The van der Waals surface area contributed by atoms with E-state index in [0.717, 1.165) is 55.2 Å². The molecule has 0 atom stereocenters. The van der Waals surface area contributed by atoms with E-state index in [9.17, 15) is 4.79 Å². The van der Waals surface area contributed by atoms with E-state index in [1.54, 1.807) is 25.3 Å². The summed E-state index contributed by atoms with van der Waals surface area (Å²) in [6.07, 6.45) is 9.77. The van der Waals surface area contributed by atoms with Crippen molar-refractivity contribution in [3.63, 3.8) is 0 Å². The Bertz CT molecular complexity index is 785. The molecule has 0 aromatic carbocycles. The van der Waals surface area contributed by atoms with Crippen LogP contribution in [0.3, 0.4) is 0 Å². The number of carbonyl (C=O) groups is 1. The zero-order valence-electron chi connectivity index (χ0n) is 15.5. The Labute approximate surface area is 164 Å². The zero-order valence-corrected chi connectivity index (χ0v) is 16.3. The van der Waals surface area contributed by atoms with E-state index in [1.807, 2.05) is 23.2 Å². The molecular formula is C20H24N4O2S. The molecule has 0 saturated heterocycles. The van der Waals surface area contributed by atoms with E-state index in [4.69, 9.17) is 4.74 Å². The normalized spacial score (nSPS) is 19.7. The van der Waals surface area contributed by atoms with Crippen molar-refractivity contribution in [3.05, 3.63) is 59.2 Å². The molecular weight excluding hydrogens is 360 g/mol. The fraction of sp³-hybridized carbons (Fsp3) is 0.400. The van der Waals surface area contributed by atoms with E-state index >= 15 is 0 Å². The molecule has 2 amide bonds. The molecule has 0 unspecified atom stereocenters. The summed E-state index contributed by atoms with van der Waals surface area (Å²) >= 11 is 1.73. The van der Waals surface area contributed by atoms with E-state index in [1.165, 1.54) is 11.1 Å². The Morgan fingerprint density at radius 3 is 2.81 bits per heavy atom. The minimum atomic E-state index is 0.00898. The number of urea groups is 1. The lowest BCUT2D eigenvalue weighted by Gasteiger charge is -2.23. The van der Waals surface area contributed by atoms with Crippen LogP contribution in [0, 0.1) is 0 Å². The quantitative estimate of drug-likeness (QED) is 0.625. The number of pyridine rings is 1. The van der Waals surface area contributed by atoms with Crippen LogP contribution in [0.25, 0.3) is 0 Å². The molecule has 1 aromatic heterocycles. The first-order valence-electron chi connectivity index (χ1n) is 9.20. The molecule has 1 aromatic rings. The summed E-state index contributed by atoms with van der Waals surface area (Å²) in [5.41, 5.74) is 3.87. The second-order valence-corrected chi connectivity index (χ2v) is 8.10. The predicted molar refractivity (Wildman–Crippen MR) is 106 cm³/mol. The van der Waals surface area contributed by atoms with Crippen LogP contribution in [0.4, 0.5) is 4.79 Å². The van der Waals surface area contributed by atoms with Gasteiger partial charge in [-0.1, -0.05) is 6.08 Å². The third kappa shape index (κ3) is 4.36. The lowest BCUT2D eigenvalue weighted by Crippen LogP contribution is -2.41. The maximum absolute atomic E-state index is 12.5. The van der Waals surface area contributed by atoms with Crippen molar-refractivity contribution < 1.29 is 9.53 Å². The van der Waals surface area contributed by atoms with Crippen LogP contribution in [-0.4, -0.2) is 60.1 Å². The molecule has 0 saturated carbocycles. The van der Waals surface area contributed by atoms with Crippen LogP contribution < -0.4 is 5.32 Å². The van der Waals surface area contributed by atoms with E-state index in [-0.39, 0.29) is 6.03 Å². The SMILES string of the molecule is COC1=CC(CNC(=O)N2CC3=C(CN(Sc4cccnc4)C3)C2)=CCC1. The number of rotatable bonds is 5. The third-order valence-electron chi connectivity index (χ3n) is 5.00. The molecule has 1 N–H and O–H groups in total. The average molecular weight is 385 g/mol. The van der Waals surface area contributed by atoms with E-state index in [0.29, 0.717) is 6.54 Å². The fourth-order valence-corrected chi connectivity index (χ4v) is 4.60. The highest BCUT2D eigenvalue weighted by Gasteiger charge is 2.32. The van der Waals surface area contributed by atoms with Gasteiger partial charge in [-0.3, -0.25) is 4.98 Å². The summed E-state index contributed by atoms with van der Waals surface area (Å²) in [5.74, 6) is 0.981. The summed E-state index contributed by atoms with van der Waals surface area (Å²) in [5, 5.41) is 3.04. The Kier molecular flexibility index (Phi) is 5.50. The number of hydrogen-bond donors (Lipinski definition) is 1. The highest BCUT2D eigenvalue weighted by molar-refractivity contribution is 7.97. The molecule has 27 heavy (non-hydrogen) atoms. The first-order valence-corrected chi connectivity index (χ1v) is 9.97. The van der Waals surface area contributed by atoms with Gasteiger partial charge in [-0.2, -0.15) is 0 Å². The number of allylic oxidation sites excluding steroid dienone is 2. The fourth-order valence-electron chi connectivity index (χ4n) is 3.62. The molecule has 3 aliphatic rings. The van der Waals surface area contributed by atoms with Crippen molar-refractivity contribution in [1.82, 2.24) is 19.5 Å². The van der Waals surface area contributed by atoms with E-state index < -0.39 is 0 Å². The third-order valence-corrected chi connectivity index (χ3v) is 5.97. The summed E-state index contributed by atoms with van der Waals surface area (Å²) in [4.78, 5) is 19.7. The number of ether oxygens (including phenoxy) is 1. The molecule has 142 valence electrons. The van der Waals surface area contributed by atoms with Crippen molar-refractivity contribution in [2.75, 3.05) is 39.8 Å². The second-order valence-electron chi connectivity index (χ2n) is 6.93. The first kappa shape index (κ1) is 18.1. The van der Waals surface area contributed by atoms with Crippen LogP contribution in [0.5, 0.6) is 0 Å². The van der Waals surface area contributed by atoms with Gasteiger partial charge in [0.1, 0.15) is 0 Å². The van der Waals surface area contributed by atoms with Crippen LogP contribution in [0.1, 0.15) is 12.8 Å². The topological polar surface area (TPSA) is 57.7 Å². The molecule has 2 aliphatic heterocycles. The minimum Gasteiger partial charge on any atom is -0.501 e. The van der Waals surface area contributed by atoms with Crippen LogP contribution >= 0.6 is 11.9 Å². The minimum absolute atomic E-state index is 0.00898. The summed E-state index contributed by atoms with van der Waals surface area (Å²) in [7, 11) is 1.70. The maximum atomic E-state index is 12.5. The van der Waals surface area contributed by atoms with Gasteiger partial charge < -0.3 is 15.0 Å². The zero-order chi connectivity index (χ0) is 18.6. The molecule has 6 nitrogen and oxygen atoms in total. The maximum Gasteiger partial charge on any atom is 0.318 e. The standard InChI is InChI=1S/C20H24N4O2S/c1-26-18-5-2-4-15(8-18)9-22-20(25)23-11-16-13-24(14-17(16)12-23)27-19-6-3-7-21-10-19/h3-4,6-8,10H,2,5,9,11-14H2,1H3,(H,22,25). The lowest BCUT2D eigenvalue weighted by atomic mass is 10.1. The molecule has 3 heterocycles. The van der Waals surface area contributed by atoms with Crippen molar-refractivity contribution >= 4 is 18.0 Å². The van der Waals surface area contributed by atoms with Gasteiger partial charge in [0.2, 0.25) is 0 Å². The van der Waals surface area contributed by atoms with Gasteiger partial charge in [0.05, 0.1) is 12.9 Å². The van der Waals surface area contributed by atoms with Gasteiger partial charge >= 0.3 is 6.03 Å². The Balaban J connectivity index is 1.24. The highest BCUT2D eigenvalue weighted by atomic mass is 32.2. The molecule has 0 radical (unpaired) electrons. The highest BCUT2D eigenvalue weighted by Crippen LogP contribution is 2.32.